The number of hydrogen-bond donors (Lipinski definition) is 2. The molecule has 0 fully saturated rings. The van der Waals surface area contributed by atoms with Crippen molar-refractivity contribution in [2.45, 2.75) is 0 Å². The van der Waals surface area contributed by atoms with Gasteiger partial charge in [0.1, 0.15) is 5.82 Å². The summed E-state index contributed by atoms with van der Waals surface area (Å²) in [5, 5.41) is 3.25. The van der Waals surface area contributed by atoms with E-state index in [4.69, 9.17) is 0 Å². The summed E-state index contributed by atoms with van der Waals surface area (Å²) in [5.74, 6) is 0.458. The molecule has 0 aliphatic carbocycles. The summed E-state index contributed by atoms with van der Waals surface area (Å²) < 4.78 is 0. The molecule has 0 atom stereocenters. The molecule has 14 heavy (non-hydrogen) atoms. The van der Waals surface area contributed by atoms with Crippen LogP contribution in [0, 0.1) is 0 Å². The number of nitrogens with one attached hydrogen (secondary N) is 2. The lowest BCUT2D eigenvalue weighted by atomic mass is 10.2. The third-order valence-corrected chi connectivity index (χ3v) is 1.81. The smallest absolute Gasteiger partial charge is 0.248 e. The molecule has 5 nitrogen and oxygen atoms in total. The van der Waals surface area contributed by atoms with E-state index in [2.05, 4.69) is 15.3 Å². The van der Waals surface area contributed by atoms with Crippen LogP contribution in [0.15, 0.2) is 29.2 Å². The molecule has 0 saturated heterocycles. The van der Waals surface area contributed by atoms with Crippen LogP contribution < -0.4 is 10.9 Å². The van der Waals surface area contributed by atoms with Crippen molar-refractivity contribution in [1.29, 1.82) is 0 Å². The second-order valence-electron chi connectivity index (χ2n) is 2.74. The molecule has 2 rings (SSSR count). The second-order valence-corrected chi connectivity index (χ2v) is 2.74. The molecule has 0 radical (unpaired) electrons. The molecular weight excluding hydrogens is 182 g/mol. The highest BCUT2D eigenvalue weighted by atomic mass is 16.1. The molecule has 0 spiro atoms. The minimum absolute atomic E-state index is 0.171. The van der Waals surface area contributed by atoms with Crippen LogP contribution in [0.4, 0.5) is 5.82 Å². The molecule has 5 heteroatoms. The molecule has 0 aliphatic heterocycles. The molecular formula is C9H7N3O2. The van der Waals surface area contributed by atoms with E-state index in [1.807, 2.05) is 0 Å². The first kappa shape index (κ1) is 8.43. The van der Waals surface area contributed by atoms with Crippen molar-refractivity contribution in [3.63, 3.8) is 0 Å². The number of carbonyl (C=O) groups excluding carboxylic acids is 1. The molecule has 0 aliphatic rings. The number of fused-ring (bicyclic) bond motifs is 1. The molecule has 2 aromatic rings. The standard InChI is InChI=1S/C9H7N3O2/c13-5-11-8-3-6-1-2-9(14)12-7(6)4-10-8/h1-5H,(H,12,14)(H,10,11,13). The fourth-order valence-corrected chi connectivity index (χ4v) is 1.19. The zero-order valence-electron chi connectivity index (χ0n) is 7.15. The van der Waals surface area contributed by atoms with Gasteiger partial charge in [-0.05, 0) is 12.1 Å². The van der Waals surface area contributed by atoms with Crippen LogP contribution >= 0.6 is 0 Å². The molecule has 2 aromatic heterocycles. The fourth-order valence-electron chi connectivity index (χ4n) is 1.19. The summed E-state index contributed by atoms with van der Waals surface area (Å²) in [6.07, 6.45) is 2.06. The van der Waals surface area contributed by atoms with Gasteiger partial charge in [0.15, 0.2) is 0 Å². The maximum Gasteiger partial charge on any atom is 0.248 e. The topological polar surface area (TPSA) is 74.8 Å². The molecule has 0 bridgehead atoms. The fraction of sp³-hybridized carbons (Fsp3) is 0. The highest BCUT2D eigenvalue weighted by Gasteiger charge is 1.96. The lowest BCUT2D eigenvalue weighted by Crippen LogP contribution is -2.03. The van der Waals surface area contributed by atoms with Crippen molar-refractivity contribution >= 4 is 23.1 Å². The SMILES string of the molecule is O=CNc1cc2ccc(=O)[nH]c2cn1. The molecule has 0 saturated carbocycles. The van der Waals surface area contributed by atoms with Crippen LogP contribution in [-0.2, 0) is 4.79 Å². The summed E-state index contributed by atoms with van der Waals surface area (Å²) in [5.41, 5.74) is 0.476. The van der Waals surface area contributed by atoms with Crippen LogP contribution in [0.3, 0.4) is 0 Å². The Morgan fingerprint density at radius 3 is 3.07 bits per heavy atom. The van der Waals surface area contributed by atoms with Crippen LogP contribution in [0.2, 0.25) is 0 Å². The Kier molecular flexibility index (Phi) is 1.98. The van der Waals surface area contributed by atoms with E-state index in [-0.39, 0.29) is 5.56 Å². The summed E-state index contributed by atoms with van der Waals surface area (Å²) in [6, 6.07) is 4.78. The molecule has 70 valence electrons. The van der Waals surface area contributed by atoms with E-state index in [9.17, 15) is 9.59 Å². The third kappa shape index (κ3) is 1.47. The third-order valence-electron chi connectivity index (χ3n) is 1.81. The molecule has 0 aromatic carbocycles. The van der Waals surface area contributed by atoms with Gasteiger partial charge in [-0.15, -0.1) is 0 Å². The van der Waals surface area contributed by atoms with Crippen LogP contribution in [0.1, 0.15) is 0 Å². The zero-order chi connectivity index (χ0) is 9.97. The number of pyridine rings is 2. The molecule has 2 heterocycles. The lowest BCUT2D eigenvalue weighted by molar-refractivity contribution is -0.105. The van der Waals surface area contributed by atoms with Crippen molar-refractivity contribution < 1.29 is 4.79 Å². The summed E-state index contributed by atoms with van der Waals surface area (Å²) in [4.78, 5) is 27.6. The van der Waals surface area contributed by atoms with Crippen molar-refractivity contribution in [1.82, 2.24) is 9.97 Å². The van der Waals surface area contributed by atoms with E-state index in [1.165, 1.54) is 12.3 Å². The van der Waals surface area contributed by atoms with Crippen molar-refractivity contribution in [2.75, 3.05) is 5.32 Å². The van der Waals surface area contributed by atoms with Gasteiger partial charge < -0.3 is 10.3 Å². The van der Waals surface area contributed by atoms with Gasteiger partial charge in [-0.25, -0.2) is 4.98 Å². The average molecular weight is 189 g/mol. The van der Waals surface area contributed by atoms with Crippen LogP contribution in [0.25, 0.3) is 10.9 Å². The normalized spacial score (nSPS) is 10.0. The van der Waals surface area contributed by atoms with E-state index in [1.54, 1.807) is 12.1 Å². The Bertz CT molecular complexity index is 533. The Morgan fingerprint density at radius 1 is 1.43 bits per heavy atom. The first-order chi connectivity index (χ1) is 6.79. The van der Waals surface area contributed by atoms with Gasteiger partial charge in [0.25, 0.3) is 0 Å². The minimum atomic E-state index is -0.171. The number of nitrogens with zero attached hydrogens (tertiary/aromatic N) is 1. The quantitative estimate of drug-likeness (QED) is 0.675. The maximum absolute atomic E-state index is 10.9. The second kappa shape index (κ2) is 3.29. The number of H-pyrrole nitrogens is 1. The van der Waals surface area contributed by atoms with E-state index >= 15 is 0 Å². The first-order valence-corrected chi connectivity index (χ1v) is 3.99. The van der Waals surface area contributed by atoms with Gasteiger partial charge in [-0.3, -0.25) is 9.59 Å². The van der Waals surface area contributed by atoms with Crippen molar-refractivity contribution in [3.8, 4) is 0 Å². The summed E-state index contributed by atoms with van der Waals surface area (Å²) in [6.45, 7) is 0. The zero-order valence-corrected chi connectivity index (χ0v) is 7.15. The number of aromatic nitrogens is 2. The Hall–Kier alpha value is -2.17. The number of aromatic amines is 1. The number of rotatable bonds is 2. The Morgan fingerprint density at radius 2 is 2.29 bits per heavy atom. The molecule has 1 amide bonds. The largest absolute Gasteiger partial charge is 0.321 e. The van der Waals surface area contributed by atoms with Gasteiger partial charge in [0.05, 0.1) is 11.7 Å². The van der Waals surface area contributed by atoms with E-state index < -0.39 is 0 Å². The molecule has 0 unspecified atom stereocenters. The van der Waals surface area contributed by atoms with Crippen LogP contribution in [-0.4, -0.2) is 16.4 Å². The lowest BCUT2D eigenvalue weighted by Gasteiger charge is -1.99. The Balaban J connectivity index is 2.61. The predicted octanol–water partition coefficient (Wildman–Crippen LogP) is 0.491. The van der Waals surface area contributed by atoms with E-state index in [0.717, 1.165) is 5.39 Å². The summed E-state index contributed by atoms with van der Waals surface area (Å²) in [7, 11) is 0. The van der Waals surface area contributed by atoms with Crippen molar-refractivity contribution in [3.05, 3.63) is 34.7 Å². The Labute approximate surface area is 78.8 Å². The monoisotopic (exact) mass is 189 g/mol. The minimum Gasteiger partial charge on any atom is -0.321 e. The summed E-state index contributed by atoms with van der Waals surface area (Å²) >= 11 is 0. The number of hydrogen-bond acceptors (Lipinski definition) is 3. The van der Waals surface area contributed by atoms with Gasteiger partial charge in [0.2, 0.25) is 12.0 Å². The number of anilines is 1. The number of carbonyl (C=O) groups is 1. The highest BCUT2D eigenvalue weighted by molar-refractivity contribution is 5.82. The van der Waals surface area contributed by atoms with E-state index in [0.29, 0.717) is 17.7 Å². The predicted molar refractivity (Wildman–Crippen MR) is 52.1 cm³/mol. The molecule has 2 N–H and O–H groups in total. The first-order valence-electron chi connectivity index (χ1n) is 3.99. The van der Waals surface area contributed by atoms with Gasteiger partial charge >= 0.3 is 0 Å². The van der Waals surface area contributed by atoms with Gasteiger partial charge in [-0.1, -0.05) is 0 Å². The van der Waals surface area contributed by atoms with Crippen molar-refractivity contribution in [2.24, 2.45) is 0 Å². The van der Waals surface area contributed by atoms with Gasteiger partial charge in [-0.2, -0.15) is 0 Å². The van der Waals surface area contributed by atoms with Gasteiger partial charge in [0, 0.05) is 11.5 Å². The van der Waals surface area contributed by atoms with Crippen LogP contribution in [0.5, 0.6) is 0 Å². The maximum atomic E-state index is 10.9. The number of amides is 1. The highest BCUT2D eigenvalue weighted by Crippen LogP contribution is 2.11. The average Bonchev–Trinajstić information content (AvgIpc) is 2.19.